The van der Waals surface area contributed by atoms with Crippen LogP contribution < -0.4 is 4.98 Å². The molecule has 5 nitrogen and oxygen atoms in total. The summed E-state index contributed by atoms with van der Waals surface area (Å²) in [6.45, 7) is 0. The van der Waals surface area contributed by atoms with Crippen molar-refractivity contribution in [2.24, 2.45) is 0 Å². The molecule has 3 aromatic rings. The van der Waals surface area contributed by atoms with E-state index in [9.17, 15) is 13.0 Å². The number of aromatic amines is 1. The Morgan fingerprint density at radius 1 is 0.957 bits per heavy atom. The highest BCUT2D eigenvalue weighted by Crippen LogP contribution is 2.31. The van der Waals surface area contributed by atoms with Crippen LogP contribution in [-0.4, -0.2) is 20.1 Å². The minimum Gasteiger partial charge on any atom is -0.726 e. The van der Waals surface area contributed by atoms with Crippen molar-refractivity contribution in [3.05, 3.63) is 66.2 Å². The van der Waals surface area contributed by atoms with E-state index in [4.69, 9.17) is 0 Å². The molecule has 0 spiro atoms. The number of thiazole rings is 1. The number of H-pyrrole nitrogens is 1. The van der Waals surface area contributed by atoms with E-state index in [2.05, 4.69) is 57.7 Å². The molecule has 0 saturated carbocycles. The maximum absolute atomic E-state index is 9.22. The van der Waals surface area contributed by atoms with Crippen LogP contribution in [0.15, 0.2) is 66.2 Å². The predicted molar refractivity (Wildman–Crippen MR) is 88.5 cm³/mol. The van der Waals surface area contributed by atoms with Crippen LogP contribution in [0.2, 0.25) is 0 Å². The minimum atomic E-state index is -4.41. The maximum Gasteiger partial charge on any atom is 0.229 e. The van der Waals surface area contributed by atoms with Crippen molar-refractivity contribution in [1.29, 1.82) is 0 Å². The molecule has 0 fully saturated rings. The van der Waals surface area contributed by atoms with Gasteiger partial charge in [-0.2, -0.15) is 0 Å². The molecule has 0 aliphatic heterocycles. The van der Waals surface area contributed by atoms with Crippen LogP contribution in [0.1, 0.15) is 0 Å². The third-order valence-corrected chi connectivity index (χ3v) is 4.23. The van der Waals surface area contributed by atoms with E-state index in [0.29, 0.717) is 0 Å². The number of benzene rings is 2. The monoisotopic (exact) mass is 349 g/mol. The van der Waals surface area contributed by atoms with Gasteiger partial charge in [0.05, 0.1) is 7.11 Å². The second-order valence-corrected chi connectivity index (χ2v) is 6.42. The van der Waals surface area contributed by atoms with Gasteiger partial charge in [0.25, 0.3) is 0 Å². The van der Waals surface area contributed by atoms with Crippen LogP contribution in [0.3, 0.4) is 0 Å². The largest absolute Gasteiger partial charge is 0.726 e. The van der Waals surface area contributed by atoms with E-state index in [1.807, 2.05) is 17.6 Å². The quantitative estimate of drug-likeness (QED) is 0.538. The summed E-state index contributed by atoms with van der Waals surface area (Å²) in [6, 6.07) is 20.9. The molecule has 0 saturated heterocycles. The third-order valence-electron chi connectivity index (χ3n) is 2.91. The van der Waals surface area contributed by atoms with E-state index in [1.165, 1.54) is 21.7 Å². The fourth-order valence-electron chi connectivity index (χ4n) is 1.89. The zero-order chi connectivity index (χ0) is 16.7. The molecule has 0 aliphatic rings. The van der Waals surface area contributed by atoms with E-state index >= 15 is 0 Å². The standard InChI is InChI=1S/C15H11NS.CH4O4S/c1-3-7-12(8-4-1)14-15(17-11-16-14)13-9-5-2-6-10-13;1-5-6(2,3)4/h1-11H;1H3,(H,2,3,4). The lowest BCUT2D eigenvalue weighted by molar-refractivity contribution is -0.357. The molecule has 0 radical (unpaired) electrons. The van der Waals surface area contributed by atoms with Crippen molar-refractivity contribution in [3.63, 3.8) is 0 Å². The Kier molecular flexibility index (Phi) is 6.00. The van der Waals surface area contributed by atoms with Crippen molar-refractivity contribution in [2.45, 2.75) is 0 Å². The topological polar surface area (TPSA) is 80.6 Å². The second-order valence-electron chi connectivity index (χ2n) is 4.39. The highest BCUT2D eigenvalue weighted by atomic mass is 32.3. The molecule has 0 unspecified atom stereocenters. The number of hydrogen-bond acceptors (Lipinski definition) is 5. The Morgan fingerprint density at radius 2 is 1.43 bits per heavy atom. The molecule has 0 bridgehead atoms. The molecular formula is C16H15NO4S2. The summed E-state index contributed by atoms with van der Waals surface area (Å²) in [5.74, 6) is 0. The lowest BCUT2D eigenvalue weighted by Crippen LogP contribution is -1.99. The van der Waals surface area contributed by atoms with Crippen LogP contribution in [0, 0.1) is 0 Å². The van der Waals surface area contributed by atoms with Crippen molar-refractivity contribution in [3.8, 4) is 21.7 Å². The van der Waals surface area contributed by atoms with E-state index < -0.39 is 10.4 Å². The zero-order valence-corrected chi connectivity index (χ0v) is 13.9. The fourth-order valence-corrected chi connectivity index (χ4v) is 2.75. The van der Waals surface area contributed by atoms with Gasteiger partial charge in [-0.25, -0.2) is 13.4 Å². The Morgan fingerprint density at radius 3 is 1.91 bits per heavy atom. The molecule has 1 N–H and O–H groups in total. The minimum absolute atomic E-state index is 0.808. The molecule has 0 atom stereocenters. The van der Waals surface area contributed by atoms with Gasteiger partial charge in [-0.05, 0) is 17.7 Å². The first-order chi connectivity index (χ1) is 11.0. The molecule has 0 amide bonds. The third kappa shape index (κ3) is 5.26. The molecule has 23 heavy (non-hydrogen) atoms. The van der Waals surface area contributed by atoms with Gasteiger partial charge in [-0.1, -0.05) is 59.9 Å². The molecule has 120 valence electrons. The Balaban J connectivity index is 0.000000277. The summed E-state index contributed by atoms with van der Waals surface area (Å²) in [7, 11) is -3.60. The molecule has 2 aromatic carbocycles. The van der Waals surface area contributed by atoms with Gasteiger partial charge in [-0.15, -0.1) is 0 Å². The number of nitrogens with one attached hydrogen (secondary N) is 1. The molecule has 3 rings (SSSR count). The van der Waals surface area contributed by atoms with Crippen LogP contribution in [-0.2, 0) is 14.6 Å². The maximum atomic E-state index is 9.22. The summed E-state index contributed by atoms with van der Waals surface area (Å²) >= 11 is 1.74. The first-order valence-electron chi connectivity index (χ1n) is 6.62. The van der Waals surface area contributed by atoms with Gasteiger partial charge >= 0.3 is 0 Å². The fraction of sp³-hybridized carbons (Fsp3) is 0.0625. The lowest BCUT2D eigenvalue weighted by Gasteiger charge is -1.98. The van der Waals surface area contributed by atoms with Gasteiger partial charge in [0.2, 0.25) is 21.6 Å². The molecule has 0 aliphatic carbocycles. The highest BCUT2D eigenvalue weighted by molar-refractivity contribution is 7.80. The molecule has 1 aromatic heterocycles. The van der Waals surface area contributed by atoms with Crippen molar-refractivity contribution >= 4 is 21.7 Å². The van der Waals surface area contributed by atoms with Gasteiger partial charge in [0.1, 0.15) is 4.88 Å². The smallest absolute Gasteiger partial charge is 0.229 e. The van der Waals surface area contributed by atoms with Crippen LogP contribution >= 0.6 is 11.3 Å². The van der Waals surface area contributed by atoms with E-state index in [-0.39, 0.29) is 0 Å². The first-order valence-corrected chi connectivity index (χ1v) is 8.84. The van der Waals surface area contributed by atoms with Crippen molar-refractivity contribution < 1.29 is 22.1 Å². The predicted octanol–water partition coefficient (Wildman–Crippen LogP) is 2.99. The van der Waals surface area contributed by atoms with Crippen molar-refractivity contribution in [1.82, 2.24) is 0 Å². The summed E-state index contributed by atoms with van der Waals surface area (Å²) in [5.41, 5.74) is 5.72. The summed E-state index contributed by atoms with van der Waals surface area (Å²) < 4.78 is 31.0. The zero-order valence-electron chi connectivity index (χ0n) is 12.3. The Hall–Kier alpha value is -2.06. The number of rotatable bonds is 3. The number of hydrogen-bond donors (Lipinski definition) is 0. The van der Waals surface area contributed by atoms with Crippen molar-refractivity contribution in [2.75, 3.05) is 7.11 Å². The number of aromatic nitrogens is 1. The summed E-state index contributed by atoms with van der Waals surface area (Å²) in [6.07, 6.45) is 0. The highest BCUT2D eigenvalue weighted by Gasteiger charge is 2.15. The Bertz CT molecular complexity index is 777. The molecular weight excluding hydrogens is 334 g/mol. The summed E-state index contributed by atoms with van der Waals surface area (Å²) in [4.78, 5) is 4.63. The van der Waals surface area contributed by atoms with Gasteiger partial charge < -0.3 is 4.55 Å². The van der Waals surface area contributed by atoms with Crippen LogP contribution in [0.5, 0.6) is 0 Å². The second kappa shape index (κ2) is 7.98. The first kappa shape index (κ1) is 17.3. The van der Waals surface area contributed by atoms with Crippen LogP contribution in [0.25, 0.3) is 21.7 Å². The molecule has 7 heteroatoms. The van der Waals surface area contributed by atoms with E-state index in [1.54, 1.807) is 11.3 Å². The lowest BCUT2D eigenvalue weighted by atomic mass is 10.1. The normalized spacial score (nSPS) is 10.7. The average Bonchev–Trinajstić information content (AvgIpc) is 3.06. The average molecular weight is 349 g/mol. The van der Waals surface area contributed by atoms with Gasteiger partial charge in [0, 0.05) is 5.56 Å². The van der Waals surface area contributed by atoms with Crippen LogP contribution in [0.4, 0.5) is 0 Å². The Labute approximate surface area is 139 Å². The SMILES string of the molecule is COS(=O)(=O)[O-].c1ccc(-c2[nH+]csc2-c2ccccc2)cc1. The van der Waals surface area contributed by atoms with E-state index in [0.717, 1.165) is 7.11 Å². The van der Waals surface area contributed by atoms with Gasteiger partial charge in [-0.3, -0.25) is 4.18 Å². The van der Waals surface area contributed by atoms with Gasteiger partial charge in [0.15, 0.2) is 0 Å². The summed E-state index contributed by atoms with van der Waals surface area (Å²) in [5, 5.41) is 0. The molecule has 1 heterocycles.